The third kappa shape index (κ3) is 3.66. The van der Waals surface area contributed by atoms with Gasteiger partial charge in [-0.05, 0) is 55.5 Å². The van der Waals surface area contributed by atoms with Crippen molar-refractivity contribution in [3.05, 3.63) is 35.4 Å². The van der Waals surface area contributed by atoms with Gasteiger partial charge in [-0.15, -0.1) is 12.4 Å². The van der Waals surface area contributed by atoms with Crippen LogP contribution >= 0.6 is 12.4 Å². The molecule has 1 aliphatic carbocycles. The summed E-state index contributed by atoms with van der Waals surface area (Å²) in [5, 5.41) is 6.28. The summed E-state index contributed by atoms with van der Waals surface area (Å²) in [7, 11) is 0. The fourth-order valence-corrected chi connectivity index (χ4v) is 3.91. The molecular formula is C17H23ClF2N2O. The van der Waals surface area contributed by atoms with E-state index < -0.39 is 11.6 Å². The van der Waals surface area contributed by atoms with Gasteiger partial charge in [-0.25, -0.2) is 8.78 Å². The quantitative estimate of drug-likeness (QED) is 0.882. The second-order valence-electron chi connectivity index (χ2n) is 6.47. The summed E-state index contributed by atoms with van der Waals surface area (Å²) < 4.78 is 26.7. The first-order valence-corrected chi connectivity index (χ1v) is 8.05. The fraction of sp³-hybridized carbons (Fsp3) is 0.588. The first-order chi connectivity index (χ1) is 10.6. The Morgan fingerprint density at radius 3 is 3.00 bits per heavy atom. The van der Waals surface area contributed by atoms with E-state index in [9.17, 15) is 13.6 Å². The van der Waals surface area contributed by atoms with Crippen LogP contribution in [0.2, 0.25) is 0 Å². The van der Waals surface area contributed by atoms with Crippen LogP contribution in [-0.2, 0) is 11.2 Å². The smallest absolute Gasteiger partial charge is 0.227 e. The van der Waals surface area contributed by atoms with Gasteiger partial charge in [0.15, 0.2) is 0 Å². The largest absolute Gasteiger partial charge is 0.355 e. The number of carbonyl (C=O) groups excluding carboxylic acids is 1. The number of nitrogens with one attached hydrogen (secondary N) is 2. The molecule has 1 saturated carbocycles. The number of carbonyl (C=O) groups is 1. The van der Waals surface area contributed by atoms with Gasteiger partial charge in [-0.3, -0.25) is 4.79 Å². The lowest BCUT2D eigenvalue weighted by Crippen LogP contribution is -2.48. The Morgan fingerprint density at radius 2 is 2.17 bits per heavy atom. The maximum atomic E-state index is 13.6. The van der Waals surface area contributed by atoms with Crippen LogP contribution < -0.4 is 10.6 Å². The summed E-state index contributed by atoms with van der Waals surface area (Å²) in [6.45, 7) is 1.98. The van der Waals surface area contributed by atoms with Crippen LogP contribution in [0.3, 0.4) is 0 Å². The number of amides is 1. The Balaban J connectivity index is 0.00000192. The van der Waals surface area contributed by atoms with E-state index in [1.54, 1.807) is 0 Å². The molecule has 6 heteroatoms. The molecule has 2 atom stereocenters. The van der Waals surface area contributed by atoms with Gasteiger partial charge in [0.2, 0.25) is 5.91 Å². The molecular weight excluding hydrogens is 322 g/mol. The molecule has 1 aromatic rings. The zero-order valence-electron chi connectivity index (χ0n) is 13.0. The Bertz CT molecular complexity index is 570. The molecule has 1 aliphatic heterocycles. The standard InChI is InChI=1S/C17H22F2N2O.ClH/c18-14-4-5-15(19)12(9-14)6-8-21-16(22)17-7-2-1-3-13(17)10-20-11-17;/h4-5,9,13,20H,1-3,6-8,10-11H2,(H,21,22);1H/t13-,17+;/m0./s1. The lowest BCUT2D eigenvalue weighted by atomic mass is 9.67. The molecule has 0 bridgehead atoms. The van der Waals surface area contributed by atoms with Gasteiger partial charge in [0.25, 0.3) is 0 Å². The fourth-order valence-electron chi connectivity index (χ4n) is 3.91. The molecule has 2 N–H and O–H groups in total. The Hall–Kier alpha value is -1.20. The molecule has 3 nitrogen and oxygen atoms in total. The predicted octanol–water partition coefficient (Wildman–Crippen LogP) is 2.83. The highest BCUT2D eigenvalue weighted by atomic mass is 35.5. The Morgan fingerprint density at radius 1 is 1.35 bits per heavy atom. The number of halogens is 3. The van der Waals surface area contributed by atoms with Crippen molar-refractivity contribution in [3.8, 4) is 0 Å². The van der Waals surface area contributed by atoms with E-state index in [0.717, 1.165) is 44.5 Å². The molecule has 1 heterocycles. The molecule has 0 aromatic heterocycles. The van der Waals surface area contributed by atoms with E-state index >= 15 is 0 Å². The van der Waals surface area contributed by atoms with E-state index in [4.69, 9.17) is 0 Å². The van der Waals surface area contributed by atoms with Crippen molar-refractivity contribution >= 4 is 18.3 Å². The first kappa shape index (κ1) is 18.1. The second-order valence-corrected chi connectivity index (χ2v) is 6.47. The zero-order chi connectivity index (χ0) is 15.6. The average Bonchev–Trinajstić information content (AvgIpc) is 2.96. The predicted molar refractivity (Wildman–Crippen MR) is 87.6 cm³/mol. The molecule has 3 rings (SSSR count). The van der Waals surface area contributed by atoms with Gasteiger partial charge in [0.1, 0.15) is 11.6 Å². The van der Waals surface area contributed by atoms with E-state index in [1.807, 2.05) is 0 Å². The topological polar surface area (TPSA) is 41.1 Å². The molecule has 0 radical (unpaired) electrons. The van der Waals surface area contributed by atoms with Crippen LogP contribution in [-0.4, -0.2) is 25.5 Å². The van der Waals surface area contributed by atoms with Crippen LogP contribution in [0, 0.1) is 23.0 Å². The van der Waals surface area contributed by atoms with Crippen molar-refractivity contribution in [2.75, 3.05) is 19.6 Å². The number of fused-ring (bicyclic) bond motifs is 1. The zero-order valence-corrected chi connectivity index (χ0v) is 13.9. The van der Waals surface area contributed by atoms with E-state index in [-0.39, 0.29) is 23.7 Å². The van der Waals surface area contributed by atoms with Gasteiger partial charge < -0.3 is 10.6 Å². The van der Waals surface area contributed by atoms with Crippen LogP contribution in [0.5, 0.6) is 0 Å². The molecule has 1 amide bonds. The van der Waals surface area contributed by atoms with Gasteiger partial charge >= 0.3 is 0 Å². The third-order valence-electron chi connectivity index (χ3n) is 5.18. The van der Waals surface area contributed by atoms with Crippen molar-refractivity contribution in [2.24, 2.45) is 11.3 Å². The third-order valence-corrected chi connectivity index (χ3v) is 5.18. The van der Waals surface area contributed by atoms with E-state index in [0.29, 0.717) is 24.4 Å². The van der Waals surface area contributed by atoms with Crippen molar-refractivity contribution < 1.29 is 13.6 Å². The normalized spacial score (nSPS) is 26.3. The SMILES string of the molecule is Cl.O=C(NCCc1cc(F)ccc1F)[C@@]12CCCC[C@H]1CNC2. The Kier molecular flexibility index (Phi) is 5.98. The maximum absolute atomic E-state index is 13.6. The summed E-state index contributed by atoms with van der Waals surface area (Å²) in [4.78, 5) is 12.6. The lowest BCUT2D eigenvalue weighted by Gasteiger charge is -2.37. The Labute approximate surface area is 141 Å². The summed E-state index contributed by atoms with van der Waals surface area (Å²) in [6.07, 6.45) is 4.60. The van der Waals surface area contributed by atoms with Crippen LogP contribution in [0.1, 0.15) is 31.2 Å². The molecule has 1 aromatic carbocycles. The van der Waals surface area contributed by atoms with Crippen molar-refractivity contribution in [2.45, 2.75) is 32.1 Å². The highest BCUT2D eigenvalue weighted by molar-refractivity contribution is 5.85. The van der Waals surface area contributed by atoms with E-state index in [1.165, 1.54) is 12.5 Å². The van der Waals surface area contributed by atoms with Crippen LogP contribution in [0.4, 0.5) is 8.78 Å². The van der Waals surface area contributed by atoms with Gasteiger partial charge in [0, 0.05) is 13.1 Å². The number of benzene rings is 1. The molecule has 0 spiro atoms. The molecule has 2 fully saturated rings. The number of rotatable bonds is 4. The second kappa shape index (κ2) is 7.58. The molecule has 23 heavy (non-hydrogen) atoms. The summed E-state index contributed by atoms with van der Waals surface area (Å²) in [6, 6.07) is 3.43. The molecule has 1 saturated heterocycles. The maximum Gasteiger partial charge on any atom is 0.227 e. The highest BCUT2D eigenvalue weighted by Crippen LogP contribution is 2.43. The van der Waals surface area contributed by atoms with Gasteiger partial charge in [0.05, 0.1) is 5.41 Å². The molecule has 2 aliphatic rings. The van der Waals surface area contributed by atoms with Crippen LogP contribution in [0.15, 0.2) is 18.2 Å². The minimum atomic E-state index is -0.450. The number of hydrogen-bond donors (Lipinski definition) is 2. The lowest BCUT2D eigenvalue weighted by molar-refractivity contribution is -0.133. The summed E-state index contributed by atoms with van der Waals surface area (Å²) in [5.41, 5.74) is 0.0150. The highest BCUT2D eigenvalue weighted by Gasteiger charge is 2.49. The minimum Gasteiger partial charge on any atom is -0.355 e. The van der Waals surface area contributed by atoms with Gasteiger partial charge in [-0.1, -0.05) is 12.8 Å². The van der Waals surface area contributed by atoms with Crippen molar-refractivity contribution in [1.29, 1.82) is 0 Å². The van der Waals surface area contributed by atoms with Crippen molar-refractivity contribution in [1.82, 2.24) is 10.6 Å². The summed E-state index contributed by atoms with van der Waals surface area (Å²) >= 11 is 0. The number of hydrogen-bond acceptors (Lipinski definition) is 2. The van der Waals surface area contributed by atoms with Crippen LogP contribution in [0.25, 0.3) is 0 Å². The monoisotopic (exact) mass is 344 g/mol. The molecule has 128 valence electrons. The average molecular weight is 345 g/mol. The molecule has 0 unspecified atom stereocenters. The first-order valence-electron chi connectivity index (χ1n) is 8.05. The van der Waals surface area contributed by atoms with Gasteiger partial charge in [-0.2, -0.15) is 0 Å². The van der Waals surface area contributed by atoms with E-state index in [2.05, 4.69) is 10.6 Å². The minimum absolute atomic E-state index is 0. The van der Waals surface area contributed by atoms with Crippen molar-refractivity contribution in [3.63, 3.8) is 0 Å². The summed E-state index contributed by atoms with van der Waals surface area (Å²) in [5.74, 6) is -0.397.